The summed E-state index contributed by atoms with van der Waals surface area (Å²) in [5.41, 5.74) is 1.96. The molecule has 0 unspecified atom stereocenters. The van der Waals surface area contributed by atoms with Crippen molar-refractivity contribution in [3.63, 3.8) is 0 Å². The summed E-state index contributed by atoms with van der Waals surface area (Å²) in [6, 6.07) is 3.16. The van der Waals surface area contributed by atoms with Gasteiger partial charge < -0.3 is 15.4 Å². The number of methoxy groups -OCH3 is 1. The molecule has 10 nitrogen and oxygen atoms in total. The van der Waals surface area contributed by atoms with Crippen LogP contribution in [0.1, 0.15) is 32.3 Å². The molecule has 3 rings (SSSR count). The molecule has 3 heterocycles. The molecule has 170 valence electrons. The lowest BCUT2D eigenvalue weighted by Crippen LogP contribution is -2.15. The van der Waals surface area contributed by atoms with Crippen molar-refractivity contribution in [1.82, 2.24) is 29.9 Å². The first-order valence-corrected chi connectivity index (χ1v) is 9.90. The Hall–Kier alpha value is -3.54. The molecule has 0 saturated heterocycles. The van der Waals surface area contributed by atoms with Gasteiger partial charge in [-0.2, -0.15) is 8.78 Å². The Balaban J connectivity index is 2.03. The van der Waals surface area contributed by atoms with E-state index in [1.807, 2.05) is 6.92 Å². The molecule has 0 aliphatic carbocycles. The molecule has 12 heteroatoms. The normalized spacial score (nSPS) is 11.4. The zero-order chi connectivity index (χ0) is 23.3. The number of amides is 1. The summed E-state index contributed by atoms with van der Waals surface area (Å²) in [6.45, 7) is 4.88. The molecule has 0 aromatic carbocycles. The third-order valence-electron chi connectivity index (χ3n) is 4.34. The largest absolute Gasteiger partial charge is 0.383 e. The van der Waals surface area contributed by atoms with E-state index in [4.69, 9.17) is 4.74 Å². The van der Waals surface area contributed by atoms with Crippen molar-refractivity contribution in [3.05, 3.63) is 36.0 Å². The molecule has 0 aliphatic rings. The van der Waals surface area contributed by atoms with Gasteiger partial charge in [-0.1, -0.05) is 12.1 Å². The summed E-state index contributed by atoms with van der Waals surface area (Å²) in [4.78, 5) is 23.6. The molecule has 0 spiro atoms. The fourth-order valence-corrected chi connectivity index (χ4v) is 2.80. The summed E-state index contributed by atoms with van der Waals surface area (Å²) in [6.07, 6.45) is 3.67. The zero-order valence-electron chi connectivity index (χ0n) is 18.2. The molecule has 0 bridgehead atoms. The minimum absolute atomic E-state index is 0.182. The maximum absolute atomic E-state index is 13.9. The smallest absolute Gasteiger partial charge is 0.303 e. The molecule has 2 N–H and O–H groups in total. The van der Waals surface area contributed by atoms with Crippen LogP contribution in [0.3, 0.4) is 0 Å². The molecule has 32 heavy (non-hydrogen) atoms. The number of aromatic nitrogens is 6. The first-order valence-electron chi connectivity index (χ1n) is 9.90. The number of carbonyl (C=O) groups excluding carboxylic acids is 1. The average molecular weight is 446 g/mol. The van der Waals surface area contributed by atoms with Crippen molar-refractivity contribution in [3.8, 4) is 11.3 Å². The topological polar surface area (TPSA) is 120 Å². The van der Waals surface area contributed by atoms with E-state index in [1.165, 1.54) is 13.1 Å². The SMILES string of the molecule is CCc1cc(Nc2cc(NC(C)=O)ncc2-c2cn(CCOC)nn2)nc(C(C)(F)F)n1. The first kappa shape index (κ1) is 23.1. The van der Waals surface area contributed by atoms with Crippen LogP contribution >= 0.6 is 0 Å². The van der Waals surface area contributed by atoms with Crippen LogP contribution in [-0.4, -0.2) is 49.6 Å². The van der Waals surface area contributed by atoms with Gasteiger partial charge in [0.2, 0.25) is 11.7 Å². The Morgan fingerprint density at radius 3 is 2.69 bits per heavy atom. The van der Waals surface area contributed by atoms with Crippen LogP contribution in [0.5, 0.6) is 0 Å². The second-order valence-corrected chi connectivity index (χ2v) is 7.09. The van der Waals surface area contributed by atoms with Crippen molar-refractivity contribution in [1.29, 1.82) is 0 Å². The monoisotopic (exact) mass is 446 g/mol. The van der Waals surface area contributed by atoms with Crippen LogP contribution in [0.15, 0.2) is 24.5 Å². The predicted octanol–water partition coefficient (Wildman–Crippen LogP) is 3.15. The van der Waals surface area contributed by atoms with Crippen molar-refractivity contribution in [2.24, 2.45) is 0 Å². The highest BCUT2D eigenvalue weighted by atomic mass is 19.3. The van der Waals surface area contributed by atoms with E-state index in [2.05, 4.69) is 35.9 Å². The van der Waals surface area contributed by atoms with E-state index in [1.54, 1.807) is 30.1 Å². The van der Waals surface area contributed by atoms with Crippen LogP contribution in [0, 0.1) is 0 Å². The maximum Gasteiger partial charge on any atom is 0.303 e. The Morgan fingerprint density at radius 1 is 1.25 bits per heavy atom. The number of carbonyl (C=O) groups is 1. The molecule has 0 saturated carbocycles. The van der Waals surface area contributed by atoms with Crippen LogP contribution < -0.4 is 10.6 Å². The van der Waals surface area contributed by atoms with Gasteiger partial charge in [0.15, 0.2) is 0 Å². The number of rotatable bonds is 9. The van der Waals surface area contributed by atoms with Gasteiger partial charge in [0, 0.05) is 50.5 Å². The van der Waals surface area contributed by atoms with Gasteiger partial charge in [0.05, 0.1) is 25.0 Å². The Morgan fingerprint density at radius 2 is 2.03 bits per heavy atom. The Kier molecular flexibility index (Phi) is 7.03. The fraction of sp³-hybridized carbons (Fsp3) is 0.400. The van der Waals surface area contributed by atoms with Crippen LogP contribution in [0.2, 0.25) is 0 Å². The number of aryl methyl sites for hydroxylation is 1. The Labute approximate surface area is 183 Å². The van der Waals surface area contributed by atoms with Gasteiger partial charge in [0.25, 0.3) is 0 Å². The predicted molar refractivity (Wildman–Crippen MR) is 114 cm³/mol. The van der Waals surface area contributed by atoms with E-state index in [0.29, 0.717) is 42.2 Å². The van der Waals surface area contributed by atoms with Crippen LogP contribution in [0.4, 0.5) is 26.1 Å². The van der Waals surface area contributed by atoms with Gasteiger partial charge in [-0.05, 0) is 6.42 Å². The van der Waals surface area contributed by atoms with Crippen LogP contribution in [0.25, 0.3) is 11.3 Å². The van der Waals surface area contributed by atoms with Gasteiger partial charge >= 0.3 is 5.92 Å². The molecule has 0 radical (unpaired) electrons. The van der Waals surface area contributed by atoms with Crippen molar-refractivity contribution in [2.75, 3.05) is 24.4 Å². The highest BCUT2D eigenvalue weighted by Crippen LogP contribution is 2.31. The molecular formula is C20H24F2N8O2. The second-order valence-electron chi connectivity index (χ2n) is 7.09. The molecule has 1 amide bonds. The summed E-state index contributed by atoms with van der Waals surface area (Å²) in [5.74, 6) is -3.62. The first-order chi connectivity index (χ1) is 15.2. The van der Waals surface area contributed by atoms with E-state index in [9.17, 15) is 13.6 Å². The van der Waals surface area contributed by atoms with E-state index >= 15 is 0 Å². The lowest BCUT2D eigenvalue weighted by molar-refractivity contribution is -0.114. The van der Waals surface area contributed by atoms with Crippen molar-refractivity contribution >= 4 is 23.2 Å². The fourth-order valence-electron chi connectivity index (χ4n) is 2.80. The number of hydrogen-bond donors (Lipinski definition) is 2. The van der Waals surface area contributed by atoms with Gasteiger partial charge in [-0.15, -0.1) is 5.10 Å². The number of alkyl halides is 2. The van der Waals surface area contributed by atoms with E-state index < -0.39 is 11.7 Å². The molecule has 3 aromatic heterocycles. The molecule has 0 aliphatic heterocycles. The standard InChI is InChI=1S/C20H24F2N8O2/c1-5-13-8-18(27-19(25-13)20(3,21)22)26-15-9-17(24-12(2)31)23-10-14(15)16-11-30(29-28-16)6-7-32-4/h8-11H,5-7H2,1-4H3,(H2,23,24,25,26,27,31). The quantitative estimate of drug-likeness (QED) is 0.514. The van der Waals surface area contributed by atoms with Crippen molar-refractivity contribution < 1.29 is 18.3 Å². The summed E-state index contributed by atoms with van der Waals surface area (Å²) >= 11 is 0. The number of hydrogen-bond acceptors (Lipinski definition) is 8. The number of anilines is 3. The highest BCUT2D eigenvalue weighted by molar-refractivity contribution is 5.89. The van der Waals surface area contributed by atoms with E-state index in [-0.39, 0.29) is 17.5 Å². The minimum Gasteiger partial charge on any atom is -0.383 e. The molecular weight excluding hydrogens is 422 g/mol. The Bertz CT molecular complexity index is 1100. The maximum atomic E-state index is 13.9. The second kappa shape index (κ2) is 9.73. The highest BCUT2D eigenvalue weighted by Gasteiger charge is 2.29. The summed E-state index contributed by atoms with van der Waals surface area (Å²) in [7, 11) is 1.59. The molecule has 0 fully saturated rings. The summed E-state index contributed by atoms with van der Waals surface area (Å²) in [5, 5.41) is 13.9. The third kappa shape index (κ3) is 5.78. The molecule has 0 atom stereocenters. The number of nitrogens with zero attached hydrogens (tertiary/aromatic N) is 6. The average Bonchev–Trinajstić information content (AvgIpc) is 3.19. The van der Waals surface area contributed by atoms with Crippen LogP contribution in [-0.2, 0) is 28.4 Å². The third-order valence-corrected chi connectivity index (χ3v) is 4.34. The number of nitrogens with one attached hydrogen (secondary N) is 2. The van der Waals surface area contributed by atoms with Gasteiger partial charge in [-0.3, -0.25) is 4.79 Å². The van der Waals surface area contributed by atoms with Crippen molar-refractivity contribution in [2.45, 2.75) is 39.7 Å². The number of ether oxygens (including phenoxy) is 1. The minimum atomic E-state index is -3.20. The lowest BCUT2D eigenvalue weighted by atomic mass is 10.1. The van der Waals surface area contributed by atoms with E-state index in [0.717, 1.165) is 6.92 Å². The van der Waals surface area contributed by atoms with Gasteiger partial charge in [-0.25, -0.2) is 19.6 Å². The van der Waals surface area contributed by atoms with Gasteiger partial charge in [0.1, 0.15) is 17.3 Å². The number of pyridine rings is 1. The lowest BCUT2D eigenvalue weighted by Gasteiger charge is -2.15. The summed E-state index contributed by atoms with van der Waals surface area (Å²) < 4.78 is 34.5. The number of halogens is 2. The molecule has 3 aromatic rings. The zero-order valence-corrected chi connectivity index (χ0v) is 18.2.